The molecule has 0 amide bonds. The molecule has 0 radical (unpaired) electrons. The third kappa shape index (κ3) is 6.01. The SMILES string of the molecule is C1=C/C=C/C=C/CC/C=C/C=C/C=C1. The molecule has 0 unspecified atom stereocenters. The maximum absolute atomic E-state index is 2.18. The van der Waals surface area contributed by atoms with Crippen molar-refractivity contribution in [1.29, 1.82) is 0 Å². The lowest BCUT2D eigenvalue weighted by Gasteiger charge is -1.84. The highest BCUT2D eigenvalue weighted by atomic mass is 13.8. The number of rotatable bonds is 0. The summed E-state index contributed by atoms with van der Waals surface area (Å²) in [6, 6.07) is 0. The van der Waals surface area contributed by atoms with E-state index < -0.39 is 0 Å². The van der Waals surface area contributed by atoms with E-state index in [2.05, 4.69) is 36.5 Å². The minimum absolute atomic E-state index is 1.11. The summed E-state index contributed by atoms with van der Waals surface area (Å²) in [4.78, 5) is 0. The van der Waals surface area contributed by atoms with E-state index in [9.17, 15) is 0 Å². The number of hydrogen-bond donors (Lipinski definition) is 0. The van der Waals surface area contributed by atoms with Crippen molar-refractivity contribution in [3.63, 3.8) is 0 Å². The summed E-state index contributed by atoms with van der Waals surface area (Å²) in [6.07, 6.45) is 27.0. The van der Waals surface area contributed by atoms with E-state index in [0.717, 1.165) is 12.8 Å². The maximum Gasteiger partial charge on any atom is -0.0313 e. The first-order valence-corrected chi connectivity index (χ1v) is 4.98. The van der Waals surface area contributed by atoms with Crippen molar-refractivity contribution in [3.05, 3.63) is 72.9 Å². The Balaban J connectivity index is 2.56. The molecule has 0 fully saturated rings. The van der Waals surface area contributed by atoms with Crippen molar-refractivity contribution in [3.8, 4) is 0 Å². The van der Waals surface area contributed by atoms with Gasteiger partial charge in [-0.2, -0.15) is 0 Å². The minimum atomic E-state index is 1.11. The van der Waals surface area contributed by atoms with Gasteiger partial charge in [-0.25, -0.2) is 0 Å². The van der Waals surface area contributed by atoms with Crippen LogP contribution in [0.5, 0.6) is 0 Å². The van der Waals surface area contributed by atoms with E-state index in [-0.39, 0.29) is 0 Å². The van der Waals surface area contributed by atoms with Gasteiger partial charge in [0.2, 0.25) is 0 Å². The van der Waals surface area contributed by atoms with E-state index in [4.69, 9.17) is 0 Å². The Kier molecular flexibility index (Phi) is 6.05. The van der Waals surface area contributed by atoms with Crippen LogP contribution in [0.25, 0.3) is 0 Å². The molecule has 0 heteroatoms. The summed E-state index contributed by atoms with van der Waals surface area (Å²) >= 11 is 0. The van der Waals surface area contributed by atoms with Crippen LogP contribution in [0, 0.1) is 0 Å². The van der Waals surface area contributed by atoms with Crippen LogP contribution in [-0.4, -0.2) is 0 Å². The lowest BCUT2D eigenvalue weighted by atomic mass is 10.2. The third-order valence-corrected chi connectivity index (χ3v) is 1.77. The Labute approximate surface area is 86.3 Å². The predicted molar refractivity (Wildman–Crippen MR) is 64.1 cm³/mol. The monoisotopic (exact) mass is 184 g/mol. The quantitative estimate of drug-likeness (QED) is 0.531. The number of allylic oxidation sites excluding steroid dienone is 12. The molecule has 72 valence electrons. The zero-order chi connectivity index (χ0) is 9.90. The highest BCUT2D eigenvalue weighted by molar-refractivity contribution is 5.19. The minimum Gasteiger partial charge on any atom is -0.0842 e. The van der Waals surface area contributed by atoms with Crippen LogP contribution < -0.4 is 0 Å². The molecule has 0 aliphatic heterocycles. The van der Waals surface area contributed by atoms with Gasteiger partial charge in [0.1, 0.15) is 0 Å². The van der Waals surface area contributed by atoms with E-state index >= 15 is 0 Å². The second-order valence-electron chi connectivity index (χ2n) is 2.97. The third-order valence-electron chi connectivity index (χ3n) is 1.77. The lowest BCUT2D eigenvalue weighted by molar-refractivity contribution is 1.05. The molecule has 0 bridgehead atoms. The molecule has 14 heavy (non-hydrogen) atoms. The molecule has 0 heterocycles. The fourth-order valence-electron chi connectivity index (χ4n) is 1.06. The fourth-order valence-corrected chi connectivity index (χ4v) is 1.06. The average molecular weight is 184 g/mol. The Morgan fingerprint density at radius 2 is 0.643 bits per heavy atom. The topological polar surface area (TPSA) is 0 Å². The highest BCUT2D eigenvalue weighted by Gasteiger charge is 1.74. The van der Waals surface area contributed by atoms with E-state index in [0.29, 0.717) is 0 Å². The van der Waals surface area contributed by atoms with Crippen LogP contribution in [0.4, 0.5) is 0 Å². The molecule has 1 aliphatic rings. The first kappa shape index (κ1) is 10.5. The molecule has 1 aliphatic carbocycles. The highest BCUT2D eigenvalue weighted by Crippen LogP contribution is 1.94. The molecule has 0 saturated heterocycles. The van der Waals surface area contributed by atoms with Gasteiger partial charge in [0.15, 0.2) is 0 Å². The molecular formula is C14H16. The summed E-state index contributed by atoms with van der Waals surface area (Å²) in [5.74, 6) is 0. The average Bonchev–Trinajstić information content (AvgIpc) is 2.22. The summed E-state index contributed by atoms with van der Waals surface area (Å²) in [5.41, 5.74) is 0. The predicted octanol–water partition coefficient (Wildman–Crippen LogP) is 4.12. The molecule has 1 rings (SSSR count). The summed E-state index contributed by atoms with van der Waals surface area (Å²) in [5, 5.41) is 0. The summed E-state index contributed by atoms with van der Waals surface area (Å²) in [6.45, 7) is 0. The van der Waals surface area contributed by atoms with E-state index in [1.54, 1.807) is 0 Å². The van der Waals surface area contributed by atoms with Crippen molar-refractivity contribution in [2.45, 2.75) is 12.8 Å². The van der Waals surface area contributed by atoms with Crippen LogP contribution in [0.3, 0.4) is 0 Å². The lowest BCUT2D eigenvalue weighted by Crippen LogP contribution is -1.63. The molecule has 0 spiro atoms. The molecule has 0 nitrogen and oxygen atoms in total. The first-order chi connectivity index (χ1) is 7.00. The van der Waals surface area contributed by atoms with Gasteiger partial charge >= 0.3 is 0 Å². The van der Waals surface area contributed by atoms with Gasteiger partial charge in [0.05, 0.1) is 0 Å². The first-order valence-electron chi connectivity index (χ1n) is 4.98. The molecule has 0 saturated carbocycles. The zero-order valence-corrected chi connectivity index (χ0v) is 8.34. The molecule has 0 N–H and O–H groups in total. The number of hydrogen-bond acceptors (Lipinski definition) is 0. The van der Waals surface area contributed by atoms with Crippen molar-refractivity contribution in [1.82, 2.24) is 0 Å². The van der Waals surface area contributed by atoms with Gasteiger partial charge in [0.25, 0.3) is 0 Å². The van der Waals surface area contributed by atoms with Crippen LogP contribution in [0.15, 0.2) is 72.9 Å². The van der Waals surface area contributed by atoms with Crippen molar-refractivity contribution < 1.29 is 0 Å². The van der Waals surface area contributed by atoms with Crippen LogP contribution in [0.2, 0.25) is 0 Å². The normalized spacial score (nSPS) is 26.3. The molecule has 0 aromatic rings. The van der Waals surface area contributed by atoms with Crippen molar-refractivity contribution in [2.24, 2.45) is 0 Å². The van der Waals surface area contributed by atoms with Crippen LogP contribution >= 0.6 is 0 Å². The Hall–Kier alpha value is -1.56. The fraction of sp³-hybridized carbons (Fsp3) is 0.143. The van der Waals surface area contributed by atoms with Gasteiger partial charge in [-0.05, 0) is 12.8 Å². The standard InChI is InChI=1S/C14H16/c1-2-4-6-8-10-12-14-13-11-9-7-5-3-1/h1-12H,13-14H2/b3-1?,4-2?,7-5+,8-6+,11-9+,12-10+. The van der Waals surface area contributed by atoms with Gasteiger partial charge in [-0.15, -0.1) is 0 Å². The second kappa shape index (κ2) is 8.06. The Morgan fingerprint density at radius 1 is 0.357 bits per heavy atom. The van der Waals surface area contributed by atoms with Gasteiger partial charge < -0.3 is 0 Å². The summed E-state index contributed by atoms with van der Waals surface area (Å²) < 4.78 is 0. The van der Waals surface area contributed by atoms with Crippen molar-refractivity contribution in [2.75, 3.05) is 0 Å². The zero-order valence-electron chi connectivity index (χ0n) is 8.34. The maximum atomic E-state index is 2.18. The van der Waals surface area contributed by atoms with E-state index in [1.807, 2.05) is 36.5 Å². The van der Waals surface area contributed by atoms with Gasteiger partial charge in [-0.3, -0.25) is 0 Å². The second-order valence-corrected chi connectivity index (χ2v) is 2.97. The van der Waals surface area contributed by atoms with Crippen molar-refractivity contribution >= 4 is 0 Å². The van der Waals surface area contributed by atoms with Gasteiger partial charge in [-0.1, -0.05) is 72.9 Å². The van der Waals surface area contributed by atoms with Gasteiger partial charge in [0, 0.05) is 0 Å². The van der Waals surface area contributed by atoms with Crippen LogP contribution in [-0.2, 0) is 0 Å². The molecule has 0 aromatic heterocycles. The summed E-state index contributed by atoms with van der Waals surface area (Å²) in [7, 11) is 0. The molecule has 0 aromatic carbocycles. The largest absolute Gasteiger partial charge is 0.0842 e. The molecular weight excluding hydrogens is 168 g/mol. The molecule has 0 atom stereocenters. The van der Waals surface area contributed by atoms with E-state index in [1.165, 1.54) is 0 Å². The van der Waals surface area contributed by atoms with Crippen LogP contribution in [0.1, 0.15) is 12.8 Å². The Bertz CT molecular complexity index is 264. The smallest absolute Gasteiger partial charge is 0.0313 e. The Morgan fingerprint density at radius 3 is 1.00 bits per heavy atom.